The molecule has 2 N–H and O–H groups in total. The van der Waals surface area contributed by atoms with Gasteiger partial charge in [0.25, 0.3) is 0 Å². The molecule has 0 spiro atoms. The number of hydrogen-bond acceptors (Lipinski definition) is 3. The molecule has 1 aliphatic rings. The van der Waals surface area contributed by atoms with Crippen molar-refractivity contribution in [2.24, 2.45) is 17.8 Å². The highest BCUT2D eigenvalue weighted by Crippen LogP contribution is 2.33. The first-order valence-corrected chi connectivity index (χ1v) is 10.4. The van der Waals surface area contributed by atoms with Gasteiger partial charge in [0.05, 0.1) is 0 Å². The maximum Gasteiger partial charge on any atom is 0.246 e. The Kier molecular flexibility index (Phi) is 8.88. The number of thioether (sulfide) groups is 1. The Bertz CT molecular complexity index is 451. The topological polar surface area (TPSA) is 58.2 Å². The molecule has 0 aromatic rings. The fourth-order valence-electron chi connectivity index (χ4n) is 3.44. The van der Waals surface area contributed by atoms with Crippen molar-refractivity contribution >= 4 is 23.6 Å². The predicted octanol–water partition coefficient (Wildman–Crippen LogP) is 3.38. The SMILES string of the molecule is C=C(C)C(=O)N[C@@H](CCSC)C(=O)NC1CC(C)CCC1C(C)C. The Morgan fingerprint density at radius 2 is 1.96 bits per heavy atom. The van der Waals surface area contributed by atoms with E-state index < -0.39 is 6.04 Å². The van der Waals surface area contributed by atoms with Crippen LogP contribution in [0.25, 0.3) is 0 Å². The highest BCUT2D eigenvalue weighted by molar-refractivity contribution is 7.98. The van der Waals surface area contributed by atoms with Crippen LogP contribution in [0.15, 0.2) is 12.2 Å². The first kappa shape index (κ1) is 21.1. The molecule has 3 unspecified atom stereocenters. The number of carbonyl (C=O) groups excluding carboxylic acids is 2. The molecule has 1 saturated carbocycles. The molecule has 0 aromatic carbocycles. The summed E-state index contributed by atoms with van der Waals surface area (Å²) in [4.78, 5) is 24.7. The molecular formula is C19H34N2O2S. The number of rotatable bonds is 8. The normalized spacial score (nSPS) is 25.2. The van der Waals surface area contributed by atoms with Crippen LogP contribution in [0.2, 0.25) is 0 Å². The minimum absolute atomic E-state index is 0.0524. The fraction of sp³-hybridized carbons (Fsp3) is 0.789. The van der Waals surface area contributed by atoms with E-state index in [1.54, 1.807) is 18.7 Å². The van der Waals surface area contributed by atoms with Crippen molar-refractivity contribution in [2.45, 2.75) is 65.5 Å². The van der Waals surface area contributed by atoms with Crippen LogP contribution in [0.3, 0.4) is 0 Å². The summed E-state index contributed by atoms with van der Waals surface area (Å²) in [6.07, 6.45) is 6.07. The van der Waals surface area contributed by atoms with Crippen LogP contribution in [-0.2, 0) is 9.59 Å². The summed E-state index contributed by atoms with van der Waals surface area (Å²) in [5.41, 5.74) is 0.434. The van der Waals surface area contributed by atoms with E-state index in [1.165, 1.54) is 6.42 Å². The first-order chi connectivity index (χ1) is 11.3. The standard InChI is InChI=1S/C19H34N2O2S/c1-12(2)15-8-7-14(5)11-17(15)21-19(23)16(9-10-24-6)20-18(22)13(3)4/h12,14-17H,3,7-11H2,1-2,4-6H3,(H,20,22)(H,21,23)/t14?,15?,16-,17?/m0/s1. The van der Waals surface area contributed by atoms with Gasteiger partial charge in [0.1, 0.15) is 6.04 Å². The molecule has 0 saturated heterocycles. The highest BCUT2D eigenvalue weighted by Gasteiger charge is 2.33. The Morgan fingerprint density at radius 1 is 1.29 bits per heavy atom. The lowest BCUT2D eigenvalue weighted by atomic mass is 9.74. The van der Waals surface area contributed by atoms with Crippen LogP contribution < -0.4 is 10.6 Å². The summed E-state index contributed by atoms with van der Waals surface area (Å²) in [7, 11) is 0. The third-order valence-corrected chi connectivity index (χ3v) is 5.61. The summed E-state index contributed by atoms with van der Waals surface area (Å²) in [5.74, 6) is 2.25. The zero-order valence-corrected chi connectivity index (χ0v) is 16.7. The monoisotopic (exact) mass is 354 g/mol. The van der Waals surface area contributed by atoms with Crippen LogP contribution in [0.4, 0.5) is 0 Å². The number of nitrogens with one attached hydrogen (secondary N) is 2. The van der Waals surface area contributed by atoms with Crippen molar-refractivity contribution in [1.29, 1.82) is 0 Å². The molecule has 2 amide bonds. The van der Waals surface area contributed by atoms with Gasteiger partial charge in [0.15, 0.2) is 0 Å². The molecule has 0 bridgehead atoms. The second kappa shape index (κ2) is 10.1. The van der Waals surface area contributed by atoms with Gasteiger partial charge in [-0.1, -0.05) is 33.8 Å². The largest absolute Gasteiger partial charge is 0.351 e. The minimum Gasteiger partial charge on any atom is -0.351 e. The fourth-order valence-corrected chi connectivity index (χ4v) is 3.91. The van der Waals surface area contributed by atoms with E-state index in [0.29, 0.717) is 29.7 Å². The summed E-state index contributed by atoms with van der Waals surface area (Å²) in [6, 6.07) is -0.272. The molecule has 0 aliphatic heterocycles. The van der Waals surface area contributed by atoms with Gasteiger partial charge in [-0.3, -0.25) is 9.59 Å². The van der Waals surface area contributed by atoms with E-state index in [4.69, 9.17) is 0 Å². The summed E-state index contributed by atoms with van der Waals surface area (Å²) >= 11 is 1.68. The number of carbonyl (C=O) groups is 2. The predicted molar refractivity (Wildman–Crippen MR) is 103 cm³/mol. The Balaban J connectivity index is 2.76. The van der Waals surface area contributed by atoms with Crippen molar-refractivity contribution in [3.63, 3.8) is 0 Å². The third-order valence-electron chi connectivity index (χ3n) is 4.97. The van der Waals surface area contributed by atoms with Gasteiger partial charge < -0.3 is 10.6 Å². The van der Waals surface area contributed by atoms with E-state index in [-0.39, 0.29) is 17.9 Å². The van der Waals surface area contributed by atoms with Gasteiger partial charge in [0, 0.05) is 11.6 Å². The van der Waals surface area contributed by atoms with Gasteiger partial charge in [-0.05, 0) is 55.9 Å². The number of hydrogen-bond donors (Lipinski definition) is 2. The van der Waals surface area contributed by atoms with Crippen molar-refractivity contribution in [2.75, 3.05) is 12.0 Å². The van der Waals surface area contributed by atoms with Gasteiger partial charge in [-0.15, -0.1) is 0 Å². The van der Waals surface area contributed by atoms with Gasteiger partial charge in [0.2, 0.25) is 11.8 Å². The smallest absolute Gasteiger partial charge is 0.246 e. The van der Waals surface area contributed by atoms with E-state index in [0.717, 1.165) is 18.6 Å². The number of amides is 2. The molecule has 4 atom stereocenters. The molecule has 0 heterocycles. The lowest BCUT2D eigenvalue weighted by Crippen LogP contribution is -2.53. The van der Waals surface area contributed by atoms with Gasteiger partial charge in [-0.2, -0.15) is 11.8 Å². The van der Waals surface area contributed by atoms with Crippen molar-refractivity contribution in [3.8, 4) is 0 Å². The second-order valence-corrected chi connectivity index (χ2v) is 8.51. The molecule has 24 heavy (non-hydrogen) atoms. The van der Waals surface area contributed by atoms with Crippen molar-refractivity contribution in [1.82, 2.24) is 10.6 Å². The maximum absolute atomic E-state index is 12.8. The Hall–Kier alpha value is -0.970. The lowest BCUT2D eigenvalue weighted by molar-refractivity contribution is -0.128. The third kappa shape index (κ3) is 6.50. The molecular weight excluding hydrogens is 320 g/mol. The average Bonchev–Trinajstić information content (AvgIpc) is 2.50. The molecule has 138 valence electrons. The Morgan fingerprint density at radius 3 is 2.50 bits per heavy atom. The minimum atomic E-state index is -0.480. The molecule has 1 rings (SSSR count). The van der Waals surface area contributed by atoms with Gasteiger partial charge >= 0.3 is 0 Å². The van der Waals surface area contributed by atoms with Crippen LogP contribution in [0.1, 0.15) is 53.4 Å². The summed E-state index contributed by atoms with van der Waals surface area (Å²) in [6.45, 7) is 12.0. The van der Waals surface area contributed by atoms with Crippen molar-refractivity contribution in [3.05, 3.63) is 12.2 Å². The van der Waals surface area contributed by atoms with Crippen LogP contribution in [0, 0.1) is 17.8 Å². The average molecular weight is 355 g/mol. The zero-order valence-electron chi connectivity index (χ0n) is 15.9. The first-order valence-electron chi connectivity index (χ1n) is 9.01. The van der Waals surface area contributed by atoms with Crippen LogP contribution in [0.5, 0.6) is 0 Å². The van der Waals surface area contributed by atoms with Gasteiger partial charge in [-0.25, -0.2) is 0 Å². The van der Waals surface area contributed by atoms with E-state index >= 15 is 0 Å². The van der Waals surface area contributed by atoms with Crippen molar-refractivity contribution < 1.29 is 9.59 Å². The molecule has 4 nitrogen and oxygen atoms in total. The van der Waals surface area contributed by atoms with E-state index in [1.807, 2.05) is 6.26 Å². The molecule has 0 aromatic heterocycles. The molecule has 0 radical (unpaired) electrons. The molecule has 5 heteroatoms. The van der Waals surface area contributed by atoms with Crippen LogP contribution in [-0.4, -0.2) is 35.9 Å². The quantitative estimate of drug-likeness (QED) is 0.657. The maximum atomic E-state index is 12.8. The summed E-state index contributed by atoms with van der Waals surface area (Å²) < 4.78 is 0. The van der Waals surface area contributed by atoms with E-state index in [9.17, 15) is 9.59 Å². The summed E-state index contributed by atoms with van der Waals surface area (Å²) in [5, 5.41) is 6.07. The molecule has 1 aliphatic carbocycles. The Labute approximate surface area is 151 Å². The van der Waals surface area contributed by atoms with E-state index in [2.05, 4.69) is 38.0 Å². The second-order valence-electron chi connectivity index (χ2n) is 7.53. The zero-order chi connectivity index (χ0) is 18.3. The molecule has 1 fully saturated rings. The van der Waals surface area contributed by atoms with Crippen LogP contribution >= 0.6 is 11.8 Å². The highest BCUT2D eigenvalue weighted by atomic mass is 32.2. The lowest BCUT2D eigenvalue weighted by Gasteiger charge is -2.38.